The first-order chi connectivity index (χ1) is 22.2. The molecule has 45 heavy (non-hydrogen) atoms. The summed E-state index contributed by atoms with van der Waals surface area (Å²) < 4.78 is 6.62. The van der Waals surface area contributed by atoms with Crippen molar-refractivity contribution < 1.29 is 9.57 Å². The highest BCUT2D eigenvalue weighted by Gasteiger charge is 2.47. The van der Waals surface area contributed by atoms with E-state index in [1.54, 1.807) is 0 Å². The molecule has 4 heteroatoms. The number of rotatable bonds is 3. The van der Waals surface area contributed by atoms with Crippen molar-refractivity contribution in [1.82, 2.24) is 0 Å². The molecule has 0 aromatic heterocycles. The topological polar surface area (TPSA) is 24.9 Å². The summed E-state index contributed by atoms with van der Waals surface area (Å²) in [4.78, 5) is 8.93. The maximum absolute atomic E-state index is 6.62. The predicted molar refractivity (Wildman–Crippen MR) is 184 cm³/mol. The molecule has 8 rings (SSSR count). The molecule has 4 nitrogen and oxygen atoms in total. The van der Waals surface area contributed by atoms with Crippen LogP contribution in [0.15, 0.2) is 164 Å². The summed E-state index contributed by atoms with van der Waals surface area (Å²) in [6, 6.07) is 43.9. The molecule has 0 spiro atoms. The molecule has 0 bridgehead atoms. The zero-order valence-corrected chi connectivity index (χ0v) is 24.8. The van der Waals surface area contributed by atoms with Crippen molar-refractivity contribution >= 4 is 28.2 Å². The molecule has 3 aliphatic rings. The summed E-state index contributed by atoms with van der Waals surface area (Å²) in [7, 11) is 0. The van der Waals surface area contributed by atoms with Gasteiger partial charge in [0.15, 0.2) is 12.0 Å². The SMILES string of the molecule is C=C1/C=C\C(c2ccc3c(c2)N(c2ccccc2)C2Oc4ccccc4C32)=C/CN(c2ccccc2)Oc2ccccc2C1=C. The van der Waals surface area contributed by atoms with E-state index in [4.69, 9.17) is 9.57 Å². The molecule has 2 atom stereocenters. The van der Waals surface area contributed by atoms with E-state index in [0.29, 0.717) is 6.54 Å². The summed E-state index contributed by atoms with van der Waals surface area (Å²) in [5.74, 6) is 1.82. The fraction of sp³-hybridized carbons (Fsp3) is 0.0732. The van der Waals surface area contributed by atoms with Crippen molar-refractivity contribution in [3.8, 4) is 11.5 Å². The van der Waals surface area contributed by atoms with Gasteiger partial charge in [-0.1, -0.05) is 116 Å². The summed E-state index contributed by atoms with van der Waals surface area (Å²) in [6.45, 7) is 9.28. The number of hydroxylamine groups is 1. The Kier molecular flexibility index (Phi) is 6.61. The summed E-state index contributed by atoms with van der Waals surface area (Å²) in [5, 5.41) is 1.92. The van der Waals surface area contributed by atoms with Crippen molar-refractivity contribution in [2.24, 2.45) is 0 Å². The Morgan fingerprint density at radius 2 is 1.33 bits per heavy atom. The van der Waals surface area contributed by atoms with Crippen molar-refractivity contribution in [1.29, 1.82) is 0 Å². The highest BCUT2D eigenvalue weighted by atomic mass is 16.7. The van der Waals surface area contributed by atoms with Gasteiger partial charge in [0, 0.05) is 22.5 Å². The quantitative estimate of drug-likeness (QED) is 0.211. The van der Waals surface area contributed by atoms with Crippen molar-refractivity contribution in [2.45, 2.75) is 12.1 Å². The van der Waals surface area contributed by atoms with Crippen molar-refractivity contribution in [3.63, 3.8) is 0 Å². The van der Waals surface area contributed by atoms with E-state index in [2.05, 4.69) is 115 Å². The molecule has 0 N–H and O–H groups in total. The van der Waals surface area contributed by atoms with Gasteiger partial charge in [0.1, 0.15) is 5.75 Å². The number of hydrogen-bond donors (Lipinski definition) is 0. The van der Waals surface area contributed by atoms with Gasteiger partial charge in [-0.25, -0.2) is 5.06 Å². The maximum atomic E-state index is 6.62. The Bertz CT molecular complexity index is 1990. The number of para-hydroxylation sites is 4. The molecule has 5 aromatic rings. The van der Waals surface area contributed by atoms with Crippen LogP contribution in [0.1, 0.15) is 28.2 Å². The van der Waals surface area contributed by atoms with Crippen LogP contribution < -0.4 is 19.5 Å². The Labute approximate surface area is 264 Å². The van der Waals surface area contributed by atoms with E-state index in [1.807, 2.05) is 53.6 Å². The van der Waals surface area contributed by atoms with Crippen LogP contribution in [0.4, 0.5) is 17.1 Å². The van der Waals surface area contributed by atoms with Crippen LogP contribution in [0.25, 0.3) is 11.1 Å². The van der Waals surface area contributed by atoms with Gasteiger partial charge in [-0.2, -0.15) is 0 Å². The Balaban J connectivity index is 1.24. The van der Waals surface area contributed by atoms with Gasteiger partial charge in [0.2, 0.25) is 0 Å². The first kappa shape index (κ1) is 26.9. The molecule has 0 radical (unpaired) electrons. The van der Waals surface area contributed by atoms with Crippen molar-refractivity contribution in [2.75, 3.05) is 16.5 Å². The molecule has 0 saturated carbocycles. The zero-order chi connectivity index (χ0) is 30.3. The molecule has 0 amide bonds. The lowest BCUT2D eigenvalue weighted by Gasteiger charge is -2.27. The Hall–Kier alpha value is -5.74. The van der Waals surface area contributed by atoms with E-state index in [9.17, 15) is 0 Å². The van der Waals surface area contributed by atoms with Gasteiger partial charge < -0.3 is 14.5 Å². The number of allylic oxidation sites excluding steroid dienone is 5. The number of fused-ring (bicyclic) bond motifs is 6. The lowest BCUT2D eigenvalue weighted by Crippen LogP contribution is -2.32. The Morgan fingerprint density at radius 1 is 0.644 bits per heavy atom. The van der Waals surface area contributed by atoms with Crippen LogP contribution in [0.2, 0.25) is 0 Å². The van der Waals surface area contributed by atoms with Crippen LogP contribution in [0.3, 0.4) is 0 Å². The van der Waals surface area contributed by atoms with Gasteiger partial charge in [-0.3, -0.25) is 0 Å². The van der Waals surface area contributed by atoms with Gasteiger partial charge in [-0.05, 0) is 70.3 Å². The molecule has 5 aromatic carbocycles. The zero-order valence-electron chi connectivity index (χ0n) is 24.8. The molecular weight excluding hydrogens is 552 g/mol. The third kappa shape index (κ3) is 4.72. The number of anilines is 3. The Morgan fingerprint density at radius 3 is 2.13 bits per heavy atom. The van der Waals surface area contributed by atoms with Gasteiger partial charge >= 0.3 is 0 Å². The lowest BCUT2D eigenvalue weighted by atomic mass is 9.91. The minimum atomic E-state index is -0.143. The first-order valence-electron chi connectivity index (χ1n) is 15.3. The number of nitrogens with zero attached hydrogens (tertiary/aromatic N) is 2. The molecule has 3 aliphatic heterocycles. The molecule has 218 valence electrons. The third-order valence-corrected chi connectivity index (χ3v) is 8.83. The fourth-order valence-electron chi connectivity index (χ4n) is 6.56. The van der Waals surface area contributed by atoms with E-state index >= 15 is 0 Å². The van der Waals surface area contributed by atoms with Gasteiger partial charge in [-0.15, -0.1) is 0 Å². The molecule has 2 unspecified atom stereocenters. The molecule has 3 heterocycles. The average Bonchev–Trinajstić information content (AvgIpc) is 3.61. The molecule has 0 saturated heterocycles. The second-order valence-electron chi connectivity index (χ2n) is 11.5. The van der Waals surface area contributed by atoms with Crippen LogP contribution in [-0.4, -0.2) is 12.8 Å². The van der Waals surface area contributed by atoms with Crippen LogP contribution >= 0.6 is 0 Å². The highest BCUT2D eigenvalue weighted by molar-refractivity contribution is 5.86. The number of hydrogen-bond acceptors (Lipinski definition) is 4. The average molecular weight is 585 g/mol. The highest BCUT2D eigenvalue weighted by Crippen LogP contribution is 2.54. The smallest absolute Gasteiger partial charge is 0.187 e. The molecular formula is C41H32N2O2. The minimum absolute atomic E-state index is 0.131. The predicted octanol–water partition coefficient (Wildman–Crippen LogP) is 9.71. The van der Waals surface area contributed by atoms with Crippen LogP contribution in [0, 0.1) is 0 Å². The molecule has 0 aliphatic carbocycles. The summed E-state index contributed by atoms with van der Waals surface area (Å²) >= 11 is 0. The van der Waals surface area contributed by atoms with Crippen LogP contribution in [-0.2, 0) is 0 Å². The largest absolute Gasteiger partial charge is 0.469 e. The second-order valence-corrected chi connectivity index (χ2v) is 11.5. The number of benzene rings is 5. The van der Waals surface area contributed by atoms with Gasteiger partial charge in [0.05, 0.1) is 18.2 Å². The molecule has 0 fully saturated rings. The van der Waals surface area contributed by atoms with E-state index in [0.717, 1.165) is 56.4 Å². The monoisotopic (exact) mass is 584 g/mol. The minimum Gasteiger partial charge on any atom is -0.469 e. The van der Waals surface area contributed by atoms with Gasteiger partial charge in [0.25, 0.3) is 0 Å². The second kappa shape index (κ2) is 11.1. The van der Waals surface area contributed by atoms with E-state index < -0.39 is 0 Å². The van der Waals surface area contributed by atoms with Crippen LogP contribution in [0.5, 0.6) is 11.5 Å². The van der Waals surface area contributed by atoms with E-state index in [-0.39, 0.29) is 12.1 Å². The standard InChI is InChI=1S/C41H32N2O2/c1-28-21-22-30(25-26-42(32-13-5-3-6-14-32)45-39-20-12-9-17-34(39)29(28)2)31-23-24-35-37(27-31)43(33-15-7-4-8-16-33)41-40(35)36-18-10-11-19-38(36)44-41/h3-25,27,40-41H,1-2,26H2/b22-21-,30-25+. The van der Waals surface area contributed by atoms with E-state index in [1.165, 1.54) is 11.1 Å². The third-order valence-electron chi connectivity index (χ3n) is 8.83. The lowest BCUT2D eigenvalue weighted by molar-refractivity contribution is 0.234. The first-order valence-corrected chi connectivity index (χ1v) is 15.3. The maximum Gasteiger partial charge on any atom is 0.187 e. The normalized spacial score (nSPS) is 20.4. The summed E-state index contributed by atoms with van der Waals surface area (Å²) in [5.41, 5.74) is 10.4. The van der Waals surface area contributed by atoms with Crippen molar-refractivity contribution in [3.05, 3.63) is 187 Å². The number of ether oxygens (including phenoxy) is 1. The summed E-state index contributed by atoms with van der Waals surface area (Å²) in [6.07, 6.45) is 6.26. The fourth-order valence-corrected chi connectivity index (χ4v) is 6.56.